The monoisotopic (exact) mass is 644 g/mol. The largest absolute Gasteiger partial charge is 0.488 e. The van der Waals surface area contributed by atoms with E-state index < -0.39 is 41.3 Å². The van der Waals surface area contributed by atoms with Crippen molar-refractivity contribution in [1.29, 1.82) is 0 Å². The van der Waals surface area contributed by atoms with E-state index in [9.17, 15) is 19.2 Å². The van der Waals surface area contributed by atoms with E-state index >= 15 is 0 Å². The summed E-state index contributed by atoms with van der Waals surface area (Å²) >= 11 is 3.21. The van der Waals surface area contributed by atoms with Crippen molar-refractivity contribution in [2.75, 3.05) is 38.0 Å². The van der Waals surface area contributed by atoms with E-state index in [0.717, 1.165) is 5.69 Å². The van der Waals surface area contributed by atoms with Gasteiger partial charge in [-0.3, -0.25) is 14.5 Å². The lowest BCUT2D eigenvalue weighted by molar-refractivity contribution is -0.147. The van der Waals surface area contributed by atoms with E-state index in [2.05, 4.69) is 32.8 Å². The van der Waals surface area contributed by atoms with Gasteiger partial charge in [0.2, 0.25) is 5.91 Å². The predicted molar refractivity (Wildman–Crippen MR) is 161 cm³/mol. The molecule has 2 aromatic rings. The number of nitrogens with one attached hydrogen (secondary N) is 1. The highest BCUT2D eigenvalue weighted by Gasteiger charge is 2.62. The molecule has 12 heteroatoms. The number of ketones is 1. The van der Waals surface area contributed by atoms with Crippen molar-refractivity contribution in [2.24, 2.45) is 5.92 Å². The first-order chi connectivity index (χ1) is 19.7. The van der Waals surface area contributed by atoms with E-state index in [1.54, 1.807) is 32.9 Å². The first-order valence-corrected chi connectivity index (χ1v) is 14.8. The molecule has 42 heavy (non-hydrogen) atoms. The lowest BCUT2D eigenvalue weighted by atomic mass is 10.1. The van der Waals surface area contributed by atoms with Crippen molar-refractivity contribution >= 4 is 56.3 Å². The van der Waals surface area contributed by atoms with Crippen molar-refractivity contribution in [3.05, 3.63) is 42.6 Å². The van der Waals surface area contributed by atoms with Crippen LogP contribution in [0.1, 0.15) is 44.1 Å². The molecule has 1 aromatic heterocycles. The van der Waals surface area contributed by atoms with Crippen molar-refractivity contribution in [3.8, 4) is 5.75 Å². The number of amides is 2. The van der Waals surface area contributed by atoms with Gasteiger partial charge < -0.3 is 24.4 Å². The number of anilines is 1. The van der Waals surface area contributed by atoms with Crippen LogP contribution in [0.3, 0.4) is 0 Å². The Labute approximate surface area is 253 Å². The summed E-state index contributed by atoms with van der Waals surface area (Å²) in [6.07, 6.45) is 0.787. The maximum atomic E-state index is 13.6. The number of carbonyl (C=O) groups excluding carboxylic acids is 4. The molecule has 2 amide bonds. The Bertz CT molecular complexity index is 1420. The van der Waals surface area contributed by atoms with Gasteiger partial charge in [0.1, 0.15) is 34.7 Å². The topological polar surface area (TPSA) is 127 Å². The van der Waals surface area contributed by atoms with Gasteiger partial charge in [0, 0.05) is 43.6 Å². The smallest absolute Gasteiger partial charge is 0.411 e. The molecule has 1 saturated carbocycles. The summed E-state index contributed by atoms with van der Waals surface area (Å²) in [6, 6.07) is 6.25. The van der Waals surface area contributed by atoms with Gasteiger partial charge >= 0.3 is 12.1 Å². The Kier molecular flexibility index (Phi) is 8.86. The Hall–Kier alpha value is -3.67. The number of carbonyl (C=O) groups is 4. The molecule has 2 aliphatic rings. The fraction of sp³-hybridized carbons (Fsp3) is 0.500. The number of nitrogens with zero attached hydrogens (tertiary/aromatic N) is 3. The van der Waals surface area contributed by atoms with Gasteiger partial charge in [0.15, 0.2) is 5.78 Å². The molecule has 1 aliphatic heterocycles. The molecule has 2 heterocycles. The van der Waals surface area contributed by atoms with E-state index in [1.807, 2.05) is 37.2 Å². The fourth-order valence-corrected chi connectivity index (χ4v) is 5.38. The molecule has 1 N–H and O–H groups in total. The Balaban J connectivity index is 1.66. The number of halogens is 1. The molecule has 1 aromatic carbocycles. The zero-order valence-corrected chi connectivity index (χ0v) is 26.3. The van der Waals surface area contributed by atoms with Gasteiger partial charge in [-0.1, -0.05) is 22.0 Å². The number of ether oxygens (including phenoxy) is 3. The summed E-state index contributed by atoms with van der Waals surface area (Å²) in [6.45, 7) is 9.01. The summed E-state index contributed by atoms with van der Waals surface area (Å²) in [7, 11) is 5.07. The third kappa shape index (κ3) is 6.38. The van der Waals surface area contributed by atoms with Gasteiger partial charge in [0.25, 0.3) is 0 Å². The second-order valence-electron chi connectivity index (χ2n) is 11.8. The first-order valence-electron chi connectivity index (χ1n) is 13.6. The van der Waals surface area contributed by atoms with Crippen molar-refractivity contribution in [3.63, 3.8) is 0 Å². The number of hydrogen-bond acceptors (Lipinski definition) is 9. The van der Waals surface area contributed by atoms with Crippen LogP contribution >= 0.6 is 15.9 Å². The Morgan fingerprint density at radius 3 is 2.52 bits per heavy atom. The van der Waals surface area contributed by atoms with Gasteiger partial charge in [0.05, 0.1) is 24.5 Å². The van der Waals surface area contributed by atoms with E-state index in [-0.39, 0.29) is 35.7 Å². The second kappa shape index (κ2) is 11.9. The second-order valence-corrected chi connectivity index (χ2v) is 12.3. The van der Waals surface area contributed by atoms with Crippen LogP contribution in [0, 0.1) is 5.92 Å². The number of esters is 1. The van der Waals surface area contributed by atoms with E-state index in [4.69, 9.17) is 14.2 Å². The molecule has 4 rings (SSSR count). The summed E-state index contributed by atoms with van der Waals surface area (Å²) in [5.41, 5.74) is -0.321. The number of likely N-dealkylation sites (tertiary alicyclic amines) is 1. The lowest BCUT2D eigenvalue weighted by Crippen LogP contribution is -2.53. The van der Waals surface area contributed by atoms with Crippen LogP contribution in [0.2, 0.25) is 0 Å². The van der Waals surface area contributed by atoms with Crippen molar-refractivity contribution < 1.29 is 33.4 Å². The summed E-state index contributed by atoms with van der Waals surface area (Å²) in [4.78, 5) is 59.9. The number of alkyl halides is 1. The molecule has 4 atom stereocenters. The predicted octanol–water partition coefficient (Wildman–Crippen LogP) is 3.87. The highest BCUT2D eigenvalue weighted by atomic mass is 79.9. The number of methoxy groups -OCH3 is 1. The number of pyridine rings is 1. The number of fused-ring (bicyclic) bond motifs is 1. The molecule has 11 nitrogen and oxygen atoms in total. The number of benzene rings is 1. The summed E-state index contributed by atoms with van der Waals surface area (Å²) < 4.78 is 17.0. The maximum Gasteiger partial charge on any atom is 0.411 e. The van der Waals surface area contributed by atoms with Gasteiger partial charge in [-0.05, 0) is 45.4 Å². The number of hydrogen-bond donors (Lipinski definition) is 1. The van der Waals surface area contributed by atoms with Gasteiger partial charge in [-0.2, -0.15) is 0 Å². The fourth-order valence-electron chi connectivity index (χ4n) is 5.09. The first kappa shape index (κ1) is 31.3. The van der Waals surface area contributed by atoms with Crippen molar-refractivity contribution in [1.82, 2.24) is 15.2 Å². The zero-order chi connectivity index (χ0) is 31.0. The lowest BCUT2D eigenvalue weighted by Gasteiger charge is -2.28. The third-order valence-corrected chi connectivity index (χ3v) is 7.87. The quantitative estimate of drug-likeness (QED) is 0.187. The number of rotatable bonds is 9. The van der Waals surface area contributed by atoms with Gasteiger partial charge in [-0.25, -0.2) is 14.6 Å². The Morgan fingerprint density at radius 1 is 1.24 bits per heavy atom. The number of Topliss-reactive ketones (excluding diaryl/α,β-unsaturated/α-hetero) is 1. The van der Waals surface area contributed by atoms with Crippen LogP contribution in [-0.4, -0.2) is 90.0 Å². The van der Waals surface area contributed by atoms with Gasteiger partial charge in [-0.15, -0.1) is 6.58 Å². The van der Waals surface area contributed by atoms with Crippen LogP contribution in [0.15, 0.2) is 36.9 Å². The molecule has 1 saturated heterocycles. The molecule has 2 fully saturated rings. The maximum absolute atomic E-state index is 13.6. The Morgan fingerprint density at radius 2 is 1.95 bits per heavy atom. The molecule has 1 aliphatic carbocycles. The van der Waals surface area contributed by atoms with Crippen LogP contribution in [0.5, 0.6) is 5.75 Å². The average molecular weight is 646 g/mol. The molecule has 226 valence electrons. The molecule has 0 bridgehead atoms. The van der Waals surface area contributed by atoms with Crippen molar-refractivity contribution in [2.45, 2.75) is 56.9 Å². The minimum Gasteiger partial charge on any atom is -0.488 e. The highest BCUT2D eigenvalue weighted by molar-refractivity contribution is 9.09. The number of aromatic nitrogens is 1. The standard InChI is InChI=1S/C30H37BrN4O7/c1-8-17-14-30(17,27(38)40-7)33-26(37)23-12-19(16-35(23)28(39)42-29(2,3)4)41-25-13-22(24(36)15-31)32-21-11-18(34(5)6)9-10-20(21)25/h8-11,13,17,19,23H,1,12,14-16H2,2-7H3,(H,33,37)/t17?,19-,23+,30-/m1/s1. The summed E-state index contributed by atoms with van der Waals surface area (Å²) in [5.74, 6) is -1.18. The molecule has 0 spiro atoms. The zero-order valence-electron chi connectivity index (χ0n) is 24.7. The van der Waals surface area contributed by atoms with E-state index in [0.29, 0.717) is 23.1 Å². The van der Waals surface area contributed by atoms with Crippen LogP contribution in [-0.2, 0) is 19.1 Å². The SMILES string of the molecule is C=CC1C[C@]1(NC(=O)[C@@H]1C[C@@H](Oc2cc(C(=O)CBr)nc3cc(N(C)C)ccc23)CN1C(=O)OC(C)(C)C)C(=O)OC. The molecule has 0 radical (unpaired) electrons. The summed E-state index contributed by atoms with van der Waals surface area (Å²) in [5, 5.41) is 3.58. The minimum absolute atomic E-state index is 0.0461. The molecule has 1 unspecified atom stereocenters. The van der Waals surface area contributed by atoms with Crippen LogP contribution in [0.4, 0.5) is 10.5 Å². The third-order valence-electron chi connectivity index (χ3n) is 7.36. The molecular weight excluding hydrogens is 608 g/mol. The average Bonchev–Trinajstić information content (AvgIpc) is 3.48. The normalized spacial score (nSPS) is 23.2. The van der Waals surface area contributed by atoms with E-state index in [1.165, 1.54) is 12.0 Å². The molecular formula is C30H37BrN4O7. The van der Waals surface area contributed by atoms with Crippen LogP contribution < -0.4 is 15.0 Å². The van der Waals surface area contributed by atoms with Crippen LogP contribution in [0.25, 0.3) is 10.9 Å². The highest BCUT2D eigenvalue weighted by Crippen LogP contribution is 2.45. The minimum atomic E-state index is -1.22.